The quantitative estimate of drug-likeness (QED) is 0.226. The summed E-state index contributed by atoms with van der Waals surface area (Å²) in [6.45, 7) is 8.40. The zero-order valence-electron chi connectivity index (χ0n) is 15.9. The summed E-state index contributed by atoms with van der Waals surface area (Å²) in [5, 5.41) is 5.81. The smallest absolute Gasteiger partial charge is 0.140 e. The number of halogens is 2. The topological polar surface area (TPSA) is 36.3 Å². The number of hydrogen-bond acceptors (Lipinski definition) is 3. The first kappa shape index (κ1) is 20.6. The summed E-state index contributed by atoms with van der Waals surface area (Å²) in [4.78, 5) is 0. The molecule has 3 rings (SSSR count). The Labute approximate surface area is 179 Å². The maximum atomic E-state index is 6.39. The normalized spacial score (nSPS) is 16.3. The Morgan fingerprint density at radius 3 is 2.65 bits per heavy atom. The van der Waals surface area contributed by atoms with E-state index in [1.54, 1.807) is 0 Å². The number of nitrogens with zero attached hydrogens (tertiary/aromatic N) is 2. The molecule has 1 aliphatic rings. The number of fused-ring (bicyclic) bond motifs is 1. The fourth-order valence-corrected chi connectivity index (χ4v) is 5.26. The molecule has 1 heterocycles. The molecule has 1 aromatic heterocycles. The number of benzene rings is 1. The Bertz CT molecular complexity index is 754. The van der Waals surface area contributed by atoms with Crippen molar-refractivity contribution in [3.63, 3.8) is 0 Å². The van der Waals surface area contributed by atoms with Gasteiger partial charge in [-0.25, -0.2) is 4.68 Å². The summed E-state index contributed by atoms with van der Waals surface area (Å²) in [7, 11) is -1.07. The molecule has 144 valence electrons. The number of hydrogen-bond donors (Lipinski definition) is 0. The fraction of sp³-hybridized carbons (Fsp3) is 0.632. The van der Waals surface area contributed by atoms with Gasteiger partial charge >= 0.3 is 0 Å². The van der Waals surface area contributed by atoms with Gasteiger partial charge in [0.1, 0.15) is 16.2 Å². The number of rotatable bonds is 7. The van der Waals surface area contributed by atoms with E-state index in [-0.39, 0.29) is 0 Å². The Kier molecular flexibility index (Phi) is 7.07. The summed E-state index contributed by atoms with van der Waals surface area (Å²) in [5.41, 5.74) is 1.07. The van der Waals surface area contributed by atoms with Crippen LogP contribution in [0.2, 0.25) is 25.7 Å². The summed E-state index contributed by atoms with van der Waals surface area (Å²) in [5.74, 6) is 0.944. The predicted octanol–water partition coefficient (Wildman–Crippen LogP) is 6.43. The molecule has 0 spiro atoms. The first-order valence-electron chi connectivity index (χ1n) is 9.43. The number of aromatic nitrogens is 2. The van der Waals surface area contributed by atoms with Crippen LogP contribution in [0.5, 0.6) is 5.75 Å². The fourth-order valence-electron chi connectivity index (χ4n) is 3.27. The molecule has 2 aromatic rings. The lowest BCUT2D eigenvalue weighted by Gasteiger charge is -2.23. The van der Waals surface area contributed by atoms with Crippen molar-refractivity contribution in [3.8, 4) is 5.75 Å². The van der Waals surface area contributed by atoms with Gasteiger partial charge in [0.25, 0.3) is 0 Å². The van der Waals surface area contributed by atoms with Crippen LogP contribution in [0.1, 0.15) is 32.1 Å². The zero-order chi connectivity index (χ0) is 18.7. The van der Waals surface area contributed by atoms with Crippen LogP contribution < -0.4 is 4.74 Å². The van der Waals surface area contributed by atoms with Crippen LogP contribution in [-0.4, -0.2) is 30.6 Å². The maximum Gasteiger partial charge on any atom is 0.140 e. The van der Waals surface area contributed by atoms with Gasteiger partial charge in [-0.05, 0) is 66.5 Å². The van der Waals surface area contributed by atoms with Crippen molar-refractivity contribution in [2.24, 2.45) is 0 Å². The van der Waals surface area contributed by atoms with E-state index in [0.717, 1.165) is 44.3 Å². The summed E-state index contributed by atoms with van der Waals surface area (Å²) in [6, 6.07) is 5.36. The van der Waals surface area contributed by atoms with E-state index in [0.29, 0.717) is 12.8 Å². The van der Waals surface area contributed by atoms with Gasteiger partial charge in [-0.2, -0.15) is 5.10 Å². The van der Waals surface area contributed by atoms with E-state index in [4.69, 9.17) is 14.6 Å². The third-order valence-corrected chi connectivity index (χ3v) is 7.71. The SMILES string of the molecule is C[Si](C)(C)CCOCn1nc(I)c2c(OC3CCCCC3)cc(Br)cc21. The standard InChI is InChI=1S/C19H28BrIN2O2Si/c1-26(2,3)10-9-24-13-23-16-11-14(20)12-17(18(16)19(21)22-23)25-15-7-5-4-6-8-15/h11-12,15H,4-10,13H2,1-3H3. The third-order valence-electron chi connectivity index (χ3n) is 4.79. The molecule has 0 radical (unpaired) electrons. The minimum Gasteiger partial charge on any atom is -0.490 e. The first-order chi connectivity index (χ1) is 12.3. The minimum absolute atomic E-state index is 0.327. The molecule has 1 aliphatic carbocycles. The summed E-state index contributed by atoms with van der Waals surface area (Å²) < 4.78 is 16.3. The van der Waals surface area contributed by atoms with Gasteiger partial charge < -0.3 is 9.47 Å². The van der Waals surface area contributed by atoms with Gasteiger partial charge in [0.15, 0.2) is 0 Å². The average molecular weight is 551 g/mol. The highest BCUT2D eigenvalue weighted by Crippen LogP contribution is 2.35. The molecule has 7 heteroatoms. The highest BCUT2D eigenvalue weighted by atomic mass is 127. The molecule has 4 nitrogen and oxygen atoms in total. The van der Waals surface area contributed by atoms with Crippen molar-refractivity contribution in [3.05, 3.63) is 20.3 Å². The van der Waals surface area contributed by atoms with Gasteiger partial charge in [-0.1, -0.05) is 42.0 Å². The predicted molar refractivity (Wildman–Crippen MR) is 122 cm³/mol. The van der Waals surface area contributed by atoms with E-state index in [9.17, 15) is 0 Å². The molecule has 0 aliphatic heterocycles. The molecule has 0 atom stereocenters. The lowest BCUT2D eigenvalue weighted by Crippen LogP contribution is -2.22. The van der Waals surface area contributed by atoms with E-state index in [2.05, 4.69) is 70.3 Å². The largest absolute Gasteiger partial charge is 0.490 e. The van der Waals surface area contributed by atoms with Crippen LogP contribution in [0.3, 0.4) is 0 Å². The first-order valence-corrected chi connectivity index (χ1v) is 15.0. The second-order valence-electron chi connectivity index (χ2n) is 8.31. The molecule has 0 bridgehead atoms. The van der Waals surface area contributed by atoms with Crippen LogP contribution in [-0.2, 0) is 11.5 Å². The van der Waals surface area contributed by atoms with Gasteiger partial charge in [0.2, 0.25) is 0 Å². The molecule has 1 fully saturated rings. The van der Waals surface area contributed by atoms with Crippen molar-refractivity contribution in [2.45, 2.75) is 70.6 Å². The van der Waals surface area contributed by atoms with Crippen molar-refractivity contribution >= 4 is 57.5 Å². The van der Waals surface area contributed by atoms with Gasteiger partial charge in [0, 0.05) is 19.2 Å². The summed E-state index contributed by atoms with van der Waals surface area (Å²) >= 11 is 5.95. The van der Waals surface area contributed by atoms with E-state index in [1.165, 1.54) is 25.3 Å². The van der Waals surface area contributed by atoms with Crippen molar-refractivity contribution in [2.75, 3.05) is 6.61 Å². The van der Waals surface area contributed by atoms with Crippen molar-refractivity contribution < 1.29 is 9.47 Å². The van der Waals surface area contributed by atoms with E-state index < -0.39 is 8.07 Å². The molecule has 0 saturated heterocycles. The summed E-state index contributed by atoms with van der Waals surface area (Å²) in [6.07, 6.45) is 6.50. The van der Waals surface area contributed by atoms with Gasteiger partial charge in [-0.3, -0.25) is 0 Å². The average Bonchev–Trinajstić information content (AvgIpc) is 2.87. The lowest BCUT2D eigenvalue weighted by atomic mass is 9.98. The zero-order valence-corrected chi connectivity index (χ0v) is 20.6. The van der Waals surface area contributed by atoms with E-state index in [1.807, 2.05) is 4.68 Å². The highest BCUT2D eigenvalue weighted by molar-refractivity contribution is 14.1. The van der Waals surface area contributed by atoms with Crippen LogP contribution in [0.25, 0.3) is 10.9 Å². The monoisotopic (exact) mass is 550 g/mol. The van der Waals surface area contributed by atoms with Gasteiger partial charge in [0.05, 0.1) is 17.0 Å². The molecule has 0 amide bonds. The third kappa shape index (κ3) is 5.45. The van der Waals surface area contributed by atoms with Crippen LogP contribution in [0, 0.1) is 3.70 Å². The van der Waals surface area contributed by atoms with Crippen LogP contribution in [0.15, 0.2) is 16.6 Å². The Morgan fingerprint density at radius 2 is 1.96 bits per heavy atom. The molecule has 26 heavy (non-hydrogen) atoms. The lowest BCUT2D eigenvalue weighted by molar-refractivity contribution is 0.0814. The molecule has 1 aromatic carbocycles. The maximum absolute atomic E-state index is 6.39. The van der Waals surface area contributed by atoms with Crippen molar-refractivity contribution in [1.82, 2.24) is 9.78 Å². The highest BCUT2D eigenvalue weighted by Gasteiger charge is 2.20. The number of ether oxygens (including phenoxy) is 2. The molecule has 0 unspecified atom stereocenters. The molecular weight excluding hydrogens is 523 g/mol. The Balaban J connectivity index is 1.78. The minimum atomic E-state index is -1.07. The van der Waals surface area contributed by atoms with Gasteiger partial charge in [-0.15, -0.1) is 0 Å². The second kappa shape index (κ2) is 8.92. The van der Waals surface area contributed by atoms with Crippen LogP contribution in [0.4, 0.5) is 0 Å². The van der Waals surface area contributed by atoms with E-state index >= 15 is 0 Å². The van der Waals surface area contributed by atoms with Crippen molar-refractivity contribution in [1.29, 1.82) is 0 Å². The second-order valence-corrected chi connectivity index (χ2v) is 15.9. The van der Waals surface area contributed by atoms with Crippen LogP contribution >= 0.6 is 38.5 Å². The molecule has 0 N–H and O–H groups in total. The molecular formula is C19H28BrIN2O2Si. The molecule has 1 saturated carbocycles. The Morgan fingerprint density at radius 1 is 1.23 bits per heavy atom. The Hall–Kier alpha value is -0.123.